The van der Waals surface area contributed by atoms with Gasteiger partial charge in [-0.25, -0.2) is 0 Å². The third-order valence-corrected chi connectivity index (χ3v) is 5.96. The van der Waals surface area contributed by atoms with Crippen LogP contribution in [0.5, 0.6) is 0 Å². The van der Waals surface area contributed by atoms with Crippen LogP contribution in [0.25, 0.3) is 0 Å². The van der Waals surface area contributed by atoms with Gasteiger partial charge in [0.2, 0.25) is 0 Å². The van der Waals surface area contributed by atoms with Crippen LogP contribution >= 0.6 is 38.5 Å². The molecule has 2 heterocycles. The van der Waals surface area contributed by atoms with Gasteiger partial charge in [0.05, 0.1) is 5.56 Å². The average molecular weight is 449 g/mol. The normalized spacial score (nSPS) is 26.6. The predicted molar refractivity (Wildman–Crippen MR) is 92.0 cm³/mol. The van der Waals surface area contributed by atoms with Crippen LogP contribution < -0.4 is 0 Å². The molecule has 2 aliphatic rings. The molecular formula is C15H18BrIN2O. The Morgan fingerprint density at radius 2 is 2.05 bits per heavy atom. The van der Waals surface area contributed by atoms with Crippen LogP contribution in [0.15, 0.2) is 22.7 Å². The molecule has 20 heavy (non-hydrogen) atoms. The molecule has 1 aromatic rings. The van der Waals surface area contributed by atoms with E-state index in [1.807, 2.05) is 23.1 Å². The summed E-state index contributed by atoms with van der Waals surface area (Å²) in [5, 5.41) is 0. The number of halogens is 2. The molecule has 108 valence electrons. The fourth-order valence-corrected chi connectivity index (χ4v) is 4.23. The zero-order valence-corrected chi connectivity index (χ0v) is 15.2. The van der Waals surface area contributed by atoms with E-state index in [1.165, 1.54) is 12.8 Å². The number of hydrogen-bond donors (Lipinski definition) is 0. The Hall–Kier alpha value is -0.140. The lowest BCUT2D eigenvalue weighted by atomic mass is 10.1. The van der Waals surface area contributed by atoms with Gasteiger partial charge in [-0.15, -0.1) is 0 Å². The molecule has 5 heteroatoms. The quantitative estimate of drug-likeness (QED) is 0.615. The number of carbonyl (C=O) groups excluding carboxylic acids is 1. The minimum Gasteiger partial charge on any atom is -0.337 e. The van der Waals surface area contributed by atoms with E-state index in [4.69, 9.17) is 0 Å². The van der Waals surface area contributed by atoms with E-state index >= 15 is 0 Å². The second kappa shape index (κ2) is 5.93. The first-order valence-corrected chi connectivity index (χ1v) is 8.89. The number of carbonyl (C=O) groups is 1. The third-order valence-electron chi connectivity index (χ3n) is 4.59. The summed E-state index contributed by atoms with van der Waals surface area (Å²) in [6.07, 6.45) is 3.61. The van der Waals surface area contributed by atoms with Gasteiger partial charge in [0.25, 0.3) is 5.91 Å². The lowest BCUT2D eigenvalue weighted by Gasteiger charge is -2.26. The van der Waals surface area contributed by atoms with Crippen molar-refractivity contribution >= 4 is 44.4 Å². The molecule has 0 spiro atoms. The highest BCUT2D eigenvalue weighted by atomic mass is 127. The van der Waals surface area contributed by atoms with Crippen molar-refractivity contribution in [2.75, 3.05) is 20.1 Å². The van der Waals surface area contributed by atoms with Gasteiger partial charge in [-0.3, -0.25) is 9.69 Å². The highest BCUT2D eigenvalue weighted by Gasteiger charge is 2.36. The molecule has 2 aliphatic heterocycles. The molecule has 1 aromatic carbocycles. The molecule has 2 atom stereocenters. The number of hydrogen-bond acceptors (Lipinski definition) is 2. The standard InChI is InChI=1S/C15H18BrIN2O/c1-18-11-3-4-12(18)9-19(7-6-11)15(20)13-8-10(17)2-5-14(13)16/h2,5,8,11-12H,3-4,6-7,9H2,1H3. The number of likely N-dealkylation sites (N-methyl/N-ethyl adjacent to an activating group) is 1. The van der Waals surface area contributed by atoms with Crippen LogP contribution in [0.4, 0.5) is 0 Å². The van der Waals surface area contributed by atoms with Crippen LogP contribution in [0.3, 0.4) is 0 Å². The third kappa shape index (κ3) is 2.76. The molecule has 0 aromatic heterocycles. The Kier molecular flexibility index (Phi) is 4.38. The van der Waals surface area contributed by atoms with Crippen molar-refractivity contribution in [2.24, 2.45) is 0 Å². The van der Waals surface area contributed by atoms with Crippen LogP contribution in [0.1, 0.15) is 29.6 Å². The number of fused-ring (bicyclic) bond motifs is 2. The fourth-order valence-electron chi connectivity index (χ4n) is 3.32. The first-order chi connectivity index (χ1) is 9.56. The number of benzene rings is 1. The Bertz CT molecular complexity index is 537. The number of rotatable bonds is 1. The van der Waals surface area contributed by atoms with E-state index in [2.05, 4.69) is 50.5 Å². The van der Waals surface area contributed by atoms with E-state index in [9.17, 15) is 4.79 Å². The number of likely N-dealkylation sites (tertiary alicyclic amines) is 1. The molecule has 0 aliphatic carbocycles. The van der Waals surface area contributed by atoms with Gasteiger partial charge in [0.1, 0.15) is 0 Å². The van der Waals surface area contributed by atoms with Crippen molar-refractivity contribution < 1.29 is 4.79 Å². The molecule has 0 radical (unpaired) electrons. The van der Waals surface area contributed by atoms with Gasteiger partial charge in [-0.05, 0) is 83.0 Å². The van der Waals surface area contributed by atoms with Gasteiger partial charge >= 0.3 is 0 Å². The maximum absolute atomic E-state index is 12.8. The van der Waals surface area contributed by atoms with Crippen molar-refractivity contribution in [3.8, 4) is 0 Å². The van der Waals surface area contributed by atoms with Gasteiger partial charge in [0.15, 0.2) is 0 Å². The molecule has 1 amide bonds. The summed E-state index contributed by atoms with van der Waals surface area (Å²) < 4.78 is 1.99. The summed E-state index contributed by atoms with van der Waals surface area (Å²) in [6, 6.07) is 7.15. The smallest absolute Gasteiger partial charge is 0.255 e. The minimum atomic E-state index is 0.163. The second-order valence-electron chi connectivity index (χ2n) is 5.71. The molecule has 2 bridgehead atoms. The van der Waals surface area contributed by atoms with Crippen LogP contribution in [-0.4, -0.2) is 47.9 Å². The zero-order valence-electron chi connectivity index (χ0n) is 11.5. The van der Waals surface area contributed by atoms with E-state index < -0.39 is 0 Å². The first-order valence-electron chi connectivity index (χ1n) is 7.02. The molecule has 2 fully saturated rings. The van der Waals surface area contributed by atoms with E-state index in [0.717, 1.165) is 33.1 Å². The van der Waals surface area contributed by atoms with Crippen LogP contribution in [0, 0.1) is 3.57 Å². The number of amides is 1. The Labute approximate surface area is 142 Å². The zero-order chi connectivity index (χ0) is 14.3. The van der Waals surface area contributed by atoms with Crippen molar-refractivity contribution in [1.82, 2.24) is 9.80 Å². The highest BCUT2D eigenvalue weighted by molar-refractivity contribution is 14.1. The second-order valence-corrected chi connectivity index (χ2v) is 7.81. The molecule has 3 nitrogen and oxygen atoms in total. The monoisotopic (exact) mass is 448 g/mol. The van der Waals surface area contributed by atoms with Crippen molar-refractivity contribution in [3.63, 3.8) is 0 Å². The largest absolute Gasteiger partial charge is 0.337 e. The minimum absolute atomic E-state index is 0.163. The van der Waals surface area contributed by atoms with Crippen LogP contribution in [0.2, 0.25) is 0 Å². The molecule has 2 saturated heterocycles. The Morgan fingerprint density at radius 1 is 1.30 bits per heavy atom. The summed E-state index contributed by atoms with van der Waals surface area (Å²) in [6.45, 7) is 1.74. The predicted octanol–water partition coefficient (Wildman–Crippen LogP) is 3.36. The first kappa shape index (κ1) is 14.8. The van der Waals surface area contributed by atoms with Gasteiger partial charge in [0, 0.05) is 33.2 Å². The number of nitrogens with zero attached hydrogens (tertiary/aromatic N) is 2. The Morgan fingerprint density at radius 3 is 2.85 bits per heavy atom. The SMILES string of the molecule is CN1C2CCC1CN(C(=O)c1cc(I)ccc1Br)CC2. The fraction of sp³-hybridized carbons (Fsp3) is 0.533. The van der Waals surface area contributed by atoms with Gasteiger partial charge in [-0.2, -0.15) is 0 Å². The highest BCUT2D eigenvalue weighted by Crippen LogP contribution is 2.30. The molecule has 3 rings (SSSR count). The molecule has 0 saturated carbocycles. The lowest BCUT2D eigenvalue weighted by Crippen LogP contribution is -2.39. The van der Waals surface area contributed by atoms with Gasteiger partial charge in [-0.1, -0.05) is 0 Å². The average Bonchev–Trinajstić information content (AvgIpc) is 2.65. The van der Waals surface area contributed by atoms with Crippen molar-refractivity contribution in [1.29, 1.82) is 0 Å². The summed E-state index contributed by atoms with van der Waals surface area (Å²) >= 11 is 5.76. The summed E-state index contributed by atoms with van der Waals surface area (Å²) in [5.41, 5.74) is 0.789. The molecular weight excluding hydrogens is 431 g/mol. The maximum atomic E-state index is 12.8. The summed E-state index contributed by atoms with van der Waals surface area (Å²) in [4.78, 5) is 17.3. The maximum Gasteiger partial charge on any atom is 0.255 e. The van der Waals surface area contributed by atoms with Crippen LogP contribution in [-0.2, 0) is 0 Å². The topological polar surface area (TPSA) is 23.6 Å². The van der Waals surface area contributed by atoms with E-state index in [1.54, 1.807) is 0 Å². The van der Waals surface area contributed by atoms with Gasteiger partial charge < -0.3 is 4.90 Å². The lowest BCUT2D eigenvalue weighted by molar-refractivity contribution is 0.0739. The van der Waals surface area contributed by atoms with Crippen molar-refractivity contribution in [3.05, 3.63) is 31.8 Å². The molecule has 0 N–H and O–H groups in total. The Balaban J connectivity index is 1.82. The van der Waals surface area contributed by atoms with E-state index in [-0.39, 0.29) is 5.91 Å². The summed E-state index contributed by atoms with van der Waals surface area (Å²) in [5.74, 6) is 0.163. The summed E-state index contributed by atoms with van der Waals surface area (Å²) in [7, 11) is 2.21. The molecule has 2 unspecified atom stereocenters. The van der Waals surface area contributed by atoms with E-state index in [0.29, 0.717) is 12.1 Å². The van der Waals surface area contributed by atoms with Crippen molar-refractivity contribution in [2.45, 2.75) is 31.3 Å².